The number of hydrogen-bond acceptors (Lipinski definition) is 1. The summed E-state index contributed by atoms with van der Waals surface area (Å²) in [6, 6.07) is 8.44. The molecule has 78 valence electrons. The first-order valence-electron chi connectivity index (χ1n) is 5.36. The number of aliphatic hydroxyl groups is 1. The molecule has 0 saturated carbocycles. The molecule has 1 N–H and O–H groups in total. The molecule has 0 saturated heterocycles. The van der Waals surface area contributed by atoms with Gasteiger partial charge in [-0.2, -0.15) is 0 Å². The maximum Gasteiger partial charge on any atom is 0.0502 e. The minimum absolute atomic E-state index is 0.248. The summed E-state index contributed by atoms with van der Waals surface area (Å²) in [6.45, 7) is 6.71. The quantitative estimate of drug-likeness (QED) is 0.777. The van der Waals surface area contributed by atoms with Gasteiger partial charge in [0.25, 0.3) is 0 Å². The van der Waals surface area contributed by atoms with Crippen molar-refractivity contribution >= 4 is 0 Å². The van der Waals surface area contributed by atoms with E-state index in [0.717, 1.165) is 6.42 Å². The van der Waals surface area contributed by atoms with Crippen LogP contribution in [0.15, 0.2) is 24.3 Å². The second kappa shape index (κ2) is 5.16. The molecule has 0 aliphatic rings. The second-order valence-electron chi connectivity index (χ2n) is 4.09. The van der Waals surface area contributed by atoms with Gasteiger partial charge >= 0.3 is 0 Å². The molecule has 0 spiro atoms. The molecule has 0 fully saturated rings. The standard InChI is InChI=1S/C13H20O/c1-4-11(3)13(9-14)12-7-5-6-10(2)8-12/h5-8,11,13-14H,4,9H2,1-3H3. The Labute approximate surface area is 86.8 Å². The third-order valence-corrected chi connectivity index (χ3v) is 3.00. The van der Waals surface area contributed by atoms with Crippen LogP contribution in [-0.2, 0) is 0 Å². The maximum absolute atomic E-state index is 9.37. The van der Waals surface area contributed by atoms with E-state index in [9.17, 15) is 5.11 Å². The summed E-state index contributed by atoms with van der Waals surface area (Å²) in [5.41, 5.74) is 2.53. The molecule has 0 aliphatic carbocycles. The zero-order valence-electron chi connectivity index (χ0n) is 9.33. The van der Waals surface area contributed by atoms with E-state index in [1.54, 1.807) is 0 Å². The van der Waals surface area contributed by atoms with Gasteiger partial charge in [-0.3, -0.25) is 0 Å². The highest BCUT2D eigenvalue weighted by molar-refractivity contribution is 5.26. The SMILES string of the molecule is CCC(C)C(CO)c1cccc(C)c1. The van der Waals surface area contributed by atoms with Crippen LogP contribution in [0.3, 0.4) is 0 Å². The number of aryl methyl sites for hydroxylation is 1. The van der Waals surface area contributed by atoms with Crippen LogP contribution >= 0.6 is 0 Å². The third kappa shape index (κ3) is 2.58. The minimum atomic E-state index is 0.248. The van der Waals surface area contributed by atoms with E-state index < -0.39 is 0 Å². The van der Waals surface area contributed by atoms with Gasteiger partial charge in [-0.05, 0) is 18.4 Å². The largest absolute Gasteiger partial charge is 0.396 e. The van der Waals surface area contributed by atoms with Gasteiger partial charge in [-0.15, -0.1) is 0 Å². The van der Waals surface area contributed by atoms with E-state index in [2.05, 4.69) is 45.0 Å². The summed E-state index contributed by atoms with van der Waals surface area (Å²) >= 11 is 0. The second-order valence-corrected chi connectivity index (χ2v) is 4.09. The predicted octanol–water partition coefficient (Wildman–Crippen LogP) is 3.12. The smallest absolute Gasteiger partial charge is 0.0502 e. The fourth-order valence-corrected chi connectivity index (χ4v) is 1.80. The van der Waals surface area contributed by atoms with E-state index in [1.165, 1.54) is 11.1 Å². The normalized spacial score (nSPS) is 15.1. The summed E-state index contributed by atoms with van der Waals surface area (Å²) in [4.78, 5) is 0. The molecule has 1 heteroatoms. The first kappa shape index (κ1) is 11.3. The molecule has 2 atom stereocenters. The summed E-state index contributed by atoms with van der Waals surface area (Å²) in [5, 5.41) is 9.37. The lowest BCUT2D eigenvalue weighted by molar-refractivity contribution is 0.229. The van der Waals surface area contributed by atoms with Gasteiger partial charge in [-0.1, -0.05) is 50.1 Å². The first-order chi connectivity index (χ1) is 6.69. The Balaban J connectivity index is 2.89. The Hall–Kier alpha value is -0.820. The van der Waals surface area contributed by atoms with E-state index in [0.29, 0.717) is 11.8 Å². The summed E-state index contributed by atoms with van der Waals surface area (Å²) in [6.07, 6.45) is 1.11. The molecule has 1 aromatic carbocycles. The van der Waals surface area contributed by atoms with Gasteiger partial charge in [-0.25, -0.2) is 0 Å². The average Bonchev–Trinajstić information content (AvgIpc) is 2.19. The van der Waals surface area contributed by atoms with Crippen LogP contribution < -0.4 is 0 Å². The molecule has 1 aromatic rings. The van der Waals surface area contributed by atoms with E-state index in [-0.39, 0.29) is 6.61 Å². The van der Waals surface area contributed by atoms with Gasteiger partial charge in [0.2, 0.25) is 0 Å². The zero-order valence-corrected chi connectivity index (χ0v) is 9.33. The summed E-state index contributed by atoms with van der Waals surface area (Å²) < 4.78 is 0. The van der Waals surface area contributed by atoms with Crippen LogP contribution in [-0.4, -0.2) is 11.7 Å². The van der Waals surface area contributed by atoms with Crippen molar-refractivity contribution in [3.05, 3.63) is 35.4 Å². The Morgan fingerprint density at radius 2 is 2.07 bits per heavy atom. The van der Waals surface area contributed by atoms with Crippen molar-refractivity contribution in [1.29, 1.82) is 0 Å². The van der Waals surface area contributed by atoms with Gasteiger partial charge in [0, 0.05) is 5.92 Å². The number of benzene rings is 1. The third-order valence-electron chi connectivity index (χ3n) is 3.00. The monoisotopic (exact) mass is 192 g/mol. The average molecular weight is 192 g/mol. The number of rotatable bonds is 4. The van der Waals surface area contributed by atoms with Crippen molar-refractivity contribution in [3.63, 3.8) is 0 Å². The fraction of sp³-hybridized carbons (Fsp3) is 0.538. The molecule has 0 bridgehead atoms. The van der Waals surface area contributed by atoms with Crippen LogP contribution in [0.25, 0.3) is 0 Å². The molecule has 1 rings (SSSR count). The van der Waals surface area contributed by atoms with Gasteiger partial charge in [0.15, 0.2) is 0 Å². The molecule has 14 heavy (non-hydrogen) atoms. The van der Waals surface area contributed by atoms with Crippen molar-refractivity contribution in [3.8, 4) is 0 Å². The fourth-order valence-electron chi connectivity index (χ4n) is 1.80. The highest BCUT2D eigenvalue weighted by atomic mass is 16.3. The van der Waals surface area contributed by atoms with E-state index >= 15 is 0 Å². The van der Waals surface area contributed by atoms with Gasteiger partial charge < -0.3 is 5.11 Å². The molecule has 1 nitrogen and oxygen atoms in total. The van der Waals surface area contributed by atoms with Gasteiger partial charge in [0.1, 0.15) is 0 Å². The molecule has 0 aromatic heterocycles. The summed E-state index contributed by atoms with van der Waals surface area (Å²) in [5.74, 6) is 0.835. The predicted molar refractivity (Wildman–Crippen MR) is 60.5 cm³/mol. The first-order valence-corrected chi connectivity index (χ1v) is 5.36. The Bertz CT molecular complexity index is 280. The minimum Gasteiger partial charge on any atom is -0.396 e. The molecule has 2 unspecified atom stereocenters. The van der Waals surface area contributed by atoms with Crippen molar-refractivity contribution in [2.45, 2.75) is 33.1 Å². The van der Waals surface area contributed by atoms with Crippen LogP contribution in [0.4, 0.5) is 0 Å². The van der Waals surface area contributed by atoms with Crippen molar-refractivity contribution in [2.75, 3.05) is 6.61 Å². The molecule has 0 amide bonds. The molecule has 0 aliphatic heterocycles. The van der Waals surface area contributed by atoms with Crippen molar-refractivity contribution < 1.29 is 5.11 Å². The van der Waals surface area contributed by atoms with Crippen molar-refractivity contribution in [1.82, 2.24) is 0 Å². The lowest BCUT2D eigenvalue weighted by atomic mass is 9.86. The van der Waals surface area contributed by atoms with Crippen LogP contribution in [0.5, 0.6) is 0 Å². The number of hydrogen-bond donors (Lipinski definition) is 1. The van der Waals surface area contributed by atoms with E-state index in [4.69, 9.17) is 0 Å². The highest BCUT2D eigenvalue weighted by Gasteiger charge is 2.16. The van der Waals surface area contributed by atoms with Gasteiger partial charge in [0.05, 0.1) is 6.61 Å². The molecular weight excluding hydrogens is 172 g/mol. The lowest BCUT2D eigenvalue weighted by Crippen LogP contribution is -2.13. The molecular formula is C13H20O. The van der Waals surface area contributed by atoms with E-state index in [1.807, 2.05) is 0 Å². The Morgan fingerprint density at radius 3 is 2.57 bits per heavy atom. The number of aliphatic hydroxyl groups excluding tert-OH is 1. The summed E-state index contributed by atoms with van der Waals surface area (Å²) in [7, 11) is 0. The Morgan fingerprint density at radius 1 is 1.36 bits per heavy atom. The topological polar surface area (TPSA) is 20.2 Å². The zero-order chi connectivity index (χ0) is 10.6. The van der Waals surface area contributed by atoms with Crippen molar-refractivity contribution in [2.24, 2.45) is 5.92 Å². The Kier molecular flexibility index (Phi) is 4.15. The molecule has 0 radical (unpaired) electrons. The van der Waals surface area contributed by atoms with Crippen LogP contribution in [0.2, 0.25) is 0 Å². The lowest BCUT2D eigenvalue weighted by Gasteiger charge is -2.21. The maximum atomic E-state index is 9.37. The highest BCUT2D eigenvalue weighted by Crippen LogP contribution is 2.26. The van der Waals surface area contributed by atoms with Crippen LogP contribution in [0.1, 0.15) is 37.3 Å². The molecule has 0 heterocycles. The van der Waals surface area contributed by atoms with Crippen LogP contribution in [0, 0.1) is 12.8 Å².